The number of methoxy groups -OCH3 is 1. The van der Waals surface area contributed by atoms with E-state index in [0.717, 1.165) is 57.9 Å². The van der Waals surface area contributed by atoms with Gasteiger partial charge in [-0.3, -0.25) is 0 Å². The van der Waals surface area contributed by atoms with E-state index in [1.54, 1.807) is 6.07 Å². The molecule has 0 saturated heterocycles. The number of thiophene rings is 1. The Labute approximate surface area is 241 Å². The first-order chi connectivity index (χ1) is 19.6. The molecule has 206 valence electrons. The van der Waals surface area contributed by atoms with Crippen LogP contribution < -0.4 is 0 Å². The van der Waals surface area contributed by atoms with Crippen molar-refractivity contribution in [2.24, 2.45) is 0 Å². The number of aromatic amines is 1. The number of imidazole rings is 1. The first kappa shape index (κ1) is 27.7. The predicted molar refractivity (Wildman–Crippen MR) is 154 cm³/mol. The molecule has 2 aromatic carbocycles. The average Bonchev–Trinajstić information content (AvgIpc) is 3.74. The lowest BCUT2D eigenvalue weighted by atomic mass is 9.98. The second-order valence-electron chi connectivity index (χ2n) is 9.17. The van der Waals surface area contributed by atoms with E-state index in [1.807, 2.05) is 29.6 Å². The molecule has 0 unspecified atom stereocenters. The molecule has 3 heterocycles. The van der Waals surface area contributed by atoms with Crippen LogP contribution in [-0.4, -0.2) is 43.3 Å². The van der Waals surface area contributed by atoms with Gasteiger partial charge in [-0.2, -0.15) is 5.21 Å². The van der Waals surface area contributed by atoms with Crippen LogP contribution in [0, 0.1) is 0 Å². The maximum Gasteiger partial charge on any atom is 0.339 e. The lowest BCUT2D eigenvalue weighted by Crippen LogP contribution is -2.11. The number of ether oxygens (including phenoxy) is 2. The molecule has 11 heteroatoms. The summed E-state index contributed by atoms with van der Waals surface area (Å²) in [6.45, 7) is 3.32. The average molecular weight is 577 g/mol. The van der Waals surface area contributed by atoms with Crippen LogP contribution >= 0.6 is 22.9 Å². The Balaban J connectivity index is 1.36. The number of nitrogens with one attached hydrogen (secondary N) is 1. The number of hydrogen-bond donors (Lipinski definition) is 1. The number of tetrazole rings is 1. The number of nitrogens with zero attached hydrogens (tertiary/aromatic N) is 5. The quantitative estimate of drug-likeness (QED) is 0.173. The molecular weight excluding hydrogens is 548 g/mol. The lowest BCUT2D eigenvalue weighted by Gasteiger charge is -2.14. The molecule has 0 saturated carbocycles. The Morgan fingerprint density at radius 1 is 1.07 bits per heavy atom. The van der Waals surface area contributed by atoms with E-state index in [2.05, 4.69) is 61.4 Å². The number of carbonyl (C=O) groups is 1. The Kier molecular flexibility index (Phi) is 9.00. The first-order valence-electron chi connectivity index (χ1n) is 13.0. The van der Waals surface area contributed by atoms with Crippen molar-refractivity contribution in [1.29, 1.82) is 0 Å². The minimum Gasteiger partial charge on any atom is -0.465 e. The summed E-state index contributed by atoms with van der Waals surface area (Å²) in [5.41, 5.74) is 5.44. The van der Waals surface area contributed by atoms with Gasteiger partial charge < -0.3 is 14.0 Å². The number of aryl methyl sites for hydroxylation is 1. The second-order valence-corrected chi connectivity index (χ2v) is 10.5. The van der Waals surface area contributed by atoms with E-state index < -0.39 is 0 Å². The van der Waals surface area contributed by atoms with E-state index in [0.29, 0.717) is 23.1 Å². The largest absolute Gasteiger partial charge is 0.465 e. The number of aromatic nitrogens is 6. The summed E-state index contributed by atoms with van der Waals surface area (Å²) in [6, 6.07) is 18.2. The highest BCUT2D eigenvalue weighted by atomic mass is 35.5. The van der Waals surface area contributed by atoms with Gasteiger partial charge in [0.25, 0.3) is 0 Å². The molecule has 9 nitrogen and oxygen atoms in total. The van der Waals surface area contributed by atoms with Crippen molar-refractivity contribution in [3.05, 3.63) is 92.7 Å². The van der Waals surface area contributed by atoms with Crippen molar-refractivity contribution in [3.8, 4) is 22.5 Å². The number of rotatable bonds is 12. The number of benzene rings is 2. The van der Waals surface area contributed by atoms with E-state index >= 15 is 0 Å². The van der Waals surface area contributed by atoms with E-state index in [4.69, 9.17) is 21.1 Å². The van der Waals surface area contributed by atoms with Crippen LogP contribution in [0.25, 0.3) is 22.5 Å². The third-order valence-electron chi connectivity index (χ3n) is 6.60. The predicted octanol–water partition coefficient (Wildman–Crippen LogP) is 6.34. The zero-order chi connectivity index (χ0) is 27.9. The summed E-state index contributed by atoms with van der Waals surface area (Å²) < 4.78 is 13.1. The molecule has 0 spiro atoms. The molecule has 0 radical (unpaired) electrons. The molecule has 5 rings (SSSR count). The summed E-state index contributed by atoms with van der Waals surface area (Å²) in [7, 11) is 1.38. The third kappa shape index (κ3) is 6.14. The Hall–Kier alpha value is -3.86. The number of hydrogen-bond acceptors (Lipinski definition) is 8. The Morgan fingerprint density at radius 3 is 2.60 bits per heavy atom. The van der Waals surface area contributed by atoms with Crippen LogP contribution in [0.1, 0.15) is 52.1 Å². The molecule has 1 N–H and O–H groups in total. The molecule has 0 bridgehead atoms. The number of carbonyl (C=O) groups excluding carboxylic acids is 1. The zero-order valence-corrected chi connectivity index (χ0v) is 23.8. The van der Waals surface area contributed by atoms with Gasteiger partial charge in [0.2, 0.25) is 5.82 Å². The fraction of sp³-hybridized carbons (Fsp3) is 0.276. The van der Waals surface area contributed by atoms with Gasteiger partial charge in [-0.15, -0.1) is 21.5 Å². The van der Waals surface area contributed by atoms with Gasteiger partial charge >= 0.3 is 5.97 Å². The van der Waals surface area contributed by atoms with Gasteiger partial charge in [-0.25, -0.2) is 9.78 Å². The fourth-order valence-corrected chi connectivity index (χ4v) is 5.57. The zero-order valence-electron chi connectivity index (χ0n) is 22.3. The van der Waals surface area contributed by atoms with Crippen molar-refractivity contribution >= 4 is 28.9 Å². The Bertz CT molecular complexity index is 1560. The van der Waals surface area contributed by atoms with Crippen LogP contribution in [0.3, 0.4) is 0 Å². The summed E-state index contributed by atoms with van der Waals surface area (Å²) in [6.07, 6.45) is 2.89. The van der Waals surface area contributed by atoms with Crippen LogP contribution in [-0.2, 0) is 35.7 Å². The Morgan fingerprint density at radius 2 is 1.88 bits per heavy atom. The number of halogens is 1. The first-order valence-corrected chi connectivity index (χ1v) is 14.2. The molecule has 0 amide bonds. The van der Waals surface area contributed by atoms with Crippen LogP contribution in [0.2, 0.25) is 5.15 Å². The molecule has 5 aromatic rings. The van der Waals surface area contributed by atoms with Gasteiger partial charge in [0.15, 0.2) is 5.15 Å². The van der Waals surface area contributed by atoms with Gasteiger partial charge in [0, 0.05) is 23.4 Å². The third-order valence-corrected chi connectivity index (χ3v) is 7.80. The number of H-pyrrole nitrogens is 1. The topological polar surface area (TPSA) is 108 Å². The highest BCUT2D eigenvalue weighted by molar-refractivity contribution is 7.10. The maximum absolute atomic E-state index is 12.0. The standard InChI is InChI=1S/C29H29ClN6O3S/c1-3-4-9-26-31-27(30)24(17-39-18-25-23(14-15-40-25)29(37)38-2)36(26)16-19-10-12-20(13-11-19)21-7-5-6-8-22(21)28-32-34-35-33-28/h5-8,10-15H,3-4,9,16-18H2,1-2H3,(H,32,33,34,35). The van der Waals surface area contributed by atoms with Crippen LogP contribution in [0.5, 0.6) is 0 Å². The molecule has 40 heavy (non-hydrogen) atoms. The highest BCUT2D eigenvalue weighted by Crippen LogP contribution is 2.30. The van der Waals surface area contributed by atoms with E-state index in [1.165, 1.54) is 18.4 Å². The molecule has 0 aliphatic carbocycles. The number of esters is 1. The van der Waals surface area contributed by atoms with E-state index in [9.17, 15) is 4.79 Å². The summed E-state index contributed by atoms with van der Waals surface area (Å²) in [5, 5.41) is 16.8. The monoisotopic (exact) mass is 576 g/mol. The lowest BCUT2D eigenvalue weighted by molar-refractivity contribution is 0.0591. The van der Waals surface area contributed by atoms with E-state index in [-0.39, 0.29) is 19.2 Å². The van der Waals surface area contributed by atoms with Crippen molar-refractivity contribution in [2.45, 2.75) is 45.9 Å². The molecule has 0 aliphatic heterocycles. The minimum absolute atomic E-state index is 0.270. The normalized spacial score (nSPS) is 11.2. The molecular formula is C29H29ClN6O3S. The van der Waals surface area contributed by atoms with Crippen molar-refractivity contribution in [2.75, 3.05) is 7.11 Å². The highest BCUT2D eigenvalue weighted by Gasteiger charge is 2.18. The number of unbranched alkanes of at least 4 members (excludes halogenated alkanes) is 1. The van der Waals surface area contributed by atoms with Crippen LogP contribution in [0.4, 0.5) is 0 Å². The van der Waals surface area contributed by atoms with Crippen molar-refractivity contribution in [3.63, 3.8) is 0 Å². The van der Waals surface area contributed by atoms with Gasteiger partial charge in [0.1, 0.15) is 5.82 Å². The van der Waals surface area contributed by atoms with Gasteiger partial charge in [0.05, 0.1) is 31.6 Å². The SMILES string of the molecule is CCCCc1nc(Cl)c(COCc2sccc2C(=O)OC)n1Cc1ccc(-c2ccccc2-c2nn[nH]n2)cc1. The molecule has 0 fully saturated rings. The molecule has 3 aromatic heterocycles. The van der Waals surface area contributed by atoms with Crippen molar-refractivity contribution < 1.29 is 14.3 Å². The fourth-order valence-electron chi connectivity index (χ4n) is 4.52. The smallest absolute Gasteiger partial charge is 0.339 e. The van der Waals surface area contributed by atoms with Crippen molar-refractivity contribution in [1.82, 2.24) is 30.2 Å². The summed E-state index contributed by atoms with van der Waals surface area (Å²) in [5.74, 6) is 1.12. The molecule has 0 atom stereocenters. The van der Waals surface area contributed by atoms with Crippen LogP contribution in [0.15, 0.2) is 60.0 Å². The maximum atomic E-state index is 12.0. The van der Waals surface area contributed by atoms with Gasteiger partial charge in [-0.1, -0.05) is 73.5 Å². The molecule has 0 aliphatic rings. The van der Waals surface area contributed by atoms with Gasteiger partial charge in [-0.05, 0) is 39.8 Å². The summed E-state index contributed by atoms with van der Waals surface area (Å²) in [4.78, 5) is 17.5. The minimum atomic E-state index is -0.367. The second kappa shape index (κ2) is 13.0. The summed E-state index contributed by atoms with van der Waals surface area (Å²) >= 11 is 8.09.